The second kappa shape index (κ2) is 8.64. The first-order valence-corrected chi connectivity index (χ1v) is 11.9. The molecule has 15 heteroatoms. The minimum Gasteiger partial charge on any atom is -0.335 e. The molecule has 14 nitrogen and oxygen atoms in total. The van der Waals surface area contributed by atoms with Gasteiger partial charge in [0.1, 0.15) is 28.6 Å². The number of piperazine rings is 1. The van der Waals surface area contributed by atoms with Gasteiger partial charge in [-0.1, -0.05) is 0 Å². The van der Waals surface area contributed by atoms with Crippen LogP contribution in [0.1, 0.15) is 27.6 Å². The van der Waals surface area contributed by atoms with Crippen molar-refractivity contribution in [2.24, 2.45) is 7.05 Å². The first-order valence-electron chi connectivity index (χ1n) is 10.5. The van der Waals surface area contributed by atoms with Gasteiger partial charge < -0.3 is 4.90 Å². The Morgan fingerprint density at radius 3 is 2.35 bits per heavy atom. The van der Waals surface area contributed by atoms with Crippen molar-refractivity contribution in [1.82, 2.24) is 38.5 Å². The van der Waals surface area contributed by atoms with Crippen molar-refractivity contribution in [2.45, 2.75) is 32.3 Å². The average Bonchev–Trinajstić information content (AvgIpc) is 3.46. The van der Waals surface area contributed by atoms with E-state index in [9.17, 15) is 23.3 Å². The Balaban J connectivity index is 1.41. The van der Waals surface area contributed by atoms with Gasteiger partial charge in [-0.25, -0.2) is 13.1 Å². The molecule has 1 amide bonds. The van der Waals surface area contributed by atoms with E-state index in [0.717, 1.165) is 0 Å². The van der Waals surface area contributed by atoms with Gasteiger partial charge in [-0.05, 0) is 26.8 Å². The first kappa shape index (κ1) is 23.6. The van der Waals surface area contributed by atoms with E-state index in [0.29, 0.717) is 17.1 Å². The van der Waals surface area contributed by atoms with Crippen LogP contribution in [-0.2, 0) is 23.7 Å². The number of aromatic nitrogens is 6. The lowest BCUT2D eigenvalue weighted by atomic mass is 10.3. The van der Waals surface area contributed by atoms with Crippen molar-refractivity contribution >= 4 is 21.6 Å². The Bertz CT molecular complexity index is 1360. The van der Waals surface area contributed by atoms with Gasteiger partial charge in [-0.2, -0.15) is 19.6 Å². The van der Waals surface area contributed by atoms with E-state index in [1.165, 1.54) is 24.5 Å². The van der Waals surface area contributed by atoms with Gasteiger partial charge in [-0.15, -0.1) is 0 Å². The summed E-state index contributed by atoms with van der Waals surface area (Å²) in [6.45, 7) is 5.77. The molecular formula is C19H25N9O5S. The zero-order valence-electron chi connectivity index (χ0n) is 19.2. The number of rotatable bonds is 6. The fraction of sp³-hybridized carbons (Fsp3) is 0.474. The summed E-state index contributed by atoms with van der Waals surface area (Å²) >= 11 is 0. The molecule has 0 spiro atoms. The lowest BCUT2D eigenvalue weighted by molar-refractivity contribution is -0.386. The molecule has 0 unspecified atom stereocenters. The van der Waals surface area contributed by atoms with Crippen molar-refractivity contribution in [3.8, 4) is 0 Å². The third kappa shape index (κ3) is 4.07. The fourth-order valence-corrected chi connectivity index (χ4v) is 5.55. The summed E-state index contributed by atoms with van der Waals surface area (Å²) in [7, 11) is -2.01. The Labute approximate surface area is 195 Å². The van der Waals surface area contributed by atoms with Crippen molar-refractivity contribution in [3.63, 3.8) is 0 Å². The maximum Gasteiger partial charge on any atom is 0.312 e. The molecule has 1 fully saturated rings. The Hall–Kier alpha value is -3.59. The molecule has 3 aromatic heterocycles. The molecule has 3 aromatic rings. The Morgan fingerprint density at radius 1 is 1.12 bits per heavy atom. The number of nitro groups is 1. The van der Waals surface area contributed by atoms with Crippen molar-refractivity contribution in [1.29, 1.82) is 0 Å². The molecule has 1 saturated heterocycles. The van der Waals surface area contributed by atoms with E-state index in [1.807, 2.05) is 0 Å². The largest absolute Gasteiger partial charge is 0.335 e. The molecule has 1 aliphatic rings. The Morgan fingerprint density at radius 2 is 1.79 bits per heavy atom. The lowest BCUT2D eigenvalue weighted by Crippen LogP contribution is -2.50. The summed E-state index contributed by atoms with van der Waals surface area (Å²) in [5, 5.41) is 23.7. The Kier molecular flexibility index (Phi) is 5.99. The number of nitrogens with zero attached hydrogens (tertiary/aromatic N) is 9. The summed E-state index contributed by atoms with van der Waals surface area (Å²) < 4.78 is 31.7. The van der Waals surface area contributed by atoms with E-state index >= 15 is 0 Å². The van der Waals surface area contributed by atoms with E-state index < -0.39 is 14.9 Å². The normalized spacial score (nSPS) is 15.1. The SMILES string of the molecule is Cc1nn(Cn2ccc(C(=O)N3CCN(S(=O)(=O)c4cnn(C)c4C)CC3)n2)c(C)c1[N+](=O)[O-]. The molecule has 0 aromatic carbocycles. The van der Waals surface area contributed by atoms with Crippen LogP contribution in [0.2, 0.25) is 0 Å². The molecule has 1 aliphatic heterocycles. The molecule has 182 valence electrons. The lowest BCUT2D eigenvalue weighted by Gasteiger charge is -2.33. The minimum absolute atomic E-state index is 0.0437. The van der Waals surface area contributed by atoms with Crippen LogP contribution in [-0.4, -0.2) is 84.0 Å². The molecular weight excluding hydrogens is 466 g/mol. The number of sulfonamides is 1. The smallest absolute Gasteiger partial charge is 0.312 e. The number of aryl methyl sites for hydroxylation is 2. The highest BCUT2D eigenvalue weighted by atomic mass is 32.2. The molecule has 0 radical (unpaired) electrons. The van der Waals surface area contributed by atoms with Crippen LogP contribution in [0.25, 0.3) is 0 Å². The van der Waals surface area contributed by atoms with E-state index in [-0.39, 0.29) is 55.0 Å². The summed E-state index contributed by atoms with van der Waals surface area (Å²) in [6.07, 6.45) is 2.94. The molecule has 0 N–H and O–H groups in total. The standard InChI is InChI=1S/C19H25N9O5S/c1-13-18(28(30)31)15(3)27(21-13)12-25-6-5-16(22-25)19(29)24-7-9-26(10-8-24)34(32,33)17-11-20-23(4)14(17)2/h5-6,11H,7-10,12H2,1-4H3. The van der Waals surface area contributed by atoms with Crippen LogP contribution in [0.15, 0.2) is 23.4 Å². The molecule has 34 heavy (non-hydrogen) atoms. The predicted molar refractivity (Wildman–Crippen MR) is 119 cm³/mol. The van der Waals surface area contributed by atoms with Crippen molar-refractivity contribution in [2.75, 3.05) is 26.2 Å². The number of hydrogen-bond acceptors (Lipinski definition) is 8. The van der Waals surface area contributed by atoms with Gasteiger partial charge in [0.25, 0.3) is 5.91 Å². The summed E-state index contributed by atoms with van der Waals surface area (Å²) in [5.41, 5.74) is 1.41. The van der Waals surface area contributed by atoms with Gasteiger partial charge in [0, 0.05) is 39.4 Å². The van der Waals surface area contributed by atoms with Crippen LogP contribution in [0.4, 0.5) is 5.69 Å². The quantitative estimate of drug-likeness (QED) is 0.352. The highest BCUT2D eigenvalue weighted by Crippen LogP contribution is 2.22. The summed E-state index contributed by atoms with van der Waals surface area (Å²) in [4.78, 5) is 25.4. The van der Waals surface area contributed by atoms with E-state index in [4.69, 9.17) is 0 Å². The molecule has 4 heterocycles. The van der Waals surface area contributed by atoms with Gasteiger partial charge >= 0.3 is 5.69 Å². The highest BCUT2D eigenvalue weighted by molar-refractivity contribution is 7.89. The van der Waals surface area contributed by atoms with Crippen molar-refractivity contribution < 1.29 is 18.1 Å². The average molecular weight is 492 g/mol. The van der Waals surface area contributed by atoms with Crippen LogP contribution in [0.3, 0.4) is 0 Å². The zero-order chi connectivity index (χ0) is 24.8. The number of amides is 1. The topological polar surface area (TPSA) is 154 Å². The molecule has 4 rings (SSSR count). The monoisotopic (exact) mass is 491 g/mol. The van der Waals surface area contributed by atoms with Gasteiger partial charge in [-0.3, -0.25) is 24.3 Å². The van der Waals surface area contributed by atoms with Gasteiger partial charge in [0.2, 0.25) is 10.0 Å². The third-order valence-corrected chi connectivity index (χ3v) is 8.00. The number of carbonyl (C=O) groups excluding carboxylic acids is 1. The fourth-order valence-electron chi connectivity index (χ4n) is 3.95. The van der Waals surface area contributed by atoms with E-state index in [2.05, 4.69) is 15.3 Å². The highest BCUT2D eigenvalue weighted by Gasteiger charge is 2.33. The number of carbonyl (C=O) groups is 1. The van der Waals surface area contributed by atoms with Crippen molar-refractivity contribution in [3.05, 3.63) is 51.4 Å². The maximum absolute atomic E-state index is 12.9. The molecule has 0 bridgehead atoms. The van der Waals surface area contributed by atoms with Crippen LogP contribution >= 0.6 is 0 Å². The van der Waals surface area contributed by atoms with E-state index in [1.54, 1.807) is 45.0 Å². The van der Waals surface area contributed by atoms with Crippen LogP contribution in [0.5, 0.6) is 0 Å². The summed E-state index contributed by atoms with van der Waals surface area (Å²) in [6, 6.07) is 1.56. The molecule has 0 saturated carbocycles. The van der Waals surface area contributed by atoms with Gasteiger partial charge in [0.05, 0.1) is 16.8 Å². The second-order valence-corrected chi connectivity index (χ2v) is 9.98. The molecule has 0 aliphatic carbocycles. The van der Waals surface area contributed by atoms with Gasteiger partial charge in [0.15, 0.2) is 0 Å². The minimum atomic E-state index is -3.69. The predicted octanol–water partition coefficient (Wildman–Crippen LogP) is 0.299. The van der Waals surface area contributed by atoms with Crippen LogP contribution in [0, 0.1) is 30.9 Å². The van der Waals surface area contributed by atoms with Crippen LogP contribution < -0.4 is 0 Å². The number of hydrogen-bond donors (Lipinski definition) is 0. The zero-order valence-corrected chi connectivity index (χ0v) is 20.1. The first-order chi connectivity index (χ1) is 16.0. The second-order valence-electron chi connectivity index (χ2n) is 8.07. The maximum atomic E-state index is 12.9. The molecule has 0 atom stereocenters. The third-order valence-electron chi connectivity index (χ3n) is 6.00. The summed E-state index contributed by atoms with van der Waals surface area (Å²) in [5.74, 6) is -0.312.